The summed E-state index contributed by atoms with van der Waals surface area (Å²) in [5, 5.41) is 9.01. The van der Waals surface area contributed by atoms with Crippen LogP contribution in [-0.2, 0) is 11.3 Å². The van der Waals surface area contributed by atoms with Gasteiger partial charge < -0.3 is 23.9 Å². The van der Waals surface area contributed by atoms with Crippen LogP contribution in [0.3, 0.4) is 0 Å². The fraction of sp³-hybridized carbons (Fsp3) is 0.294. The Morgan fingerprint density at radius 3 is 2.50 bits per heavy atom. The van der Waals surface area contributed by atoms with Crippen molar-refractivity contribution in [1.29, 1.82) is 0 Å². The lowest BCUT2D eigenvalue weighted by Gasteiger charge is -2.16. The minimum absolute atomic E-state index is 0.0936. The molecule has 2 aromatic rings. The van der Waals surface area contributed by atoms with Gasteiger partial charge in [0, 0.05) is 7.05 Å². The predicted molar refractivity (Wildman–Crippen MR) is 85.4 cm³/mol. The van der Waals surface area contributed by atoms with E-state index in [-0.39, 0.29) is 24.6 Å². The van der Waals surface area contributed by atoms with Gasteiger partial charge in [-0.15, -0.1) is 0 Å². The summed E-state index contributed by atoms with van der Waals surface area (Å²) >= 11 is 0. The summed E-state index contributed by atoms with van der Waals surface area (Å²) in [6.07, 6.45) is 0. The van der Waals surface area contributed by atoms with E-state index in [9.17, 15) is 9.59 Å². The van der Waals surface area contributed by atoms with Crippen LogP contribution < -0.4 is 9.47 Å². The third kappa shape index (κ3) is 4.07. The minimum atomic E-state index is -1.06. The molecule has 1 aromatic carbocycles. The topological polar surface area (TPSA) is 89.2 Å². The van der Waals surface area contributed by atoms with Crippen molar-refractivity contribution in [3.8, 4) is 11.5 Å². The number of hydrogen-bond donors (Lipinski definition) is 1. The largest absolute Gasteiger partial charge is 0.493 e. The lowest BCUT2D eigenvalue weighted by atomic mass is 10.2. The Morgan fingerprint density at radius 1 is 1.25 bits per heavy atom. The van der Waals surface area contributed by atoms with Gasteiger partial charge in [0.25, 0.3) is 5.91 Å². The number of ether oxygens (including phenoxy) is 2. The highest BCUT2D eigenvalue weighted by Gasteiger charge is 2.17. The normalized spacial score (nSPS) is 10.3. The van der Waals surface area contributed by atoms with Crippen molar-refractivity contribution in [1.82, 2.24) is 4.90 Å². The van der Waals surface area contributed by atoms with Crippen molar-refractivity contribution in [3.63, 3.8) is 0 Å². The van der Waals surface area contributed by atoms with E-state index in [0.29, 0.717) is 23.0 Å². The number of likely N-dealkylation sites (N-methyl/N-ethyl adjacent to an activating group) is 1. The van der Waals surface area contributed by atoms with Crippen LogP contribution in [0.25, 0.3) is 0 Å². The highest BCUT2D eigenvalue weighted by Crippen LogP contribution is 2.25. The van der Waals surface area contributed by atoms with Gasteiger partial charge in [-0.1, -0.05) is 12.1 Å². The Labute approximate surface area is 139 Å². The highest BCUT2D eigenvalue weighted by molar-refractivity contribution is 5.88. The molecule has 7 heteroatoms. The second-order valence-corrected chi connectivity index (χ2v) is 5.18. The molecule has 0 aliphatic heterocycles. The number of carbonyl (C=O) groups excluding carboxylic acids is 1. The van der Waals surface area contributed by atoms with Crippen LogP contribution in [-0.4, -0.2) is 42.6 Å². The van der Waals surface area contributed by atoms with Crippen LogP contribution in [0.4, 0.5) is 0 Å². The van der Waals surface area contributed by atoms with E-state index >= 15 is 0 Å². The zero-order chi connectivity index (χ0) is 17.7. The van der Waals surface area contributed by atoms with Crippen molar-refractivity contribution >= 4 is 11.9 Å². The van der Waals surface area contributed by atoms with Gasteiger partial charge >= 0.3 is 5.97 Å². The molecule has 128 valence electrons. The monoisotopic (exact) mass is 333 g/mol. The lowest BCUT2D eigenvalue weighted by molar-refractivity contribution is -0.132. The zero-order valence-electron chi connectivity index (χ0n) is 13.7. The molecule has 0 atom stereocenters. The number of furan rings is 1. The van der Waals surface area contributed by atoms with Crippen molar-refractivity contribution in [2.24, 2.45) is 0 Å². The summed E-state index contributed by atoms with van der Waals surface area (Å²) in [4.78, 5) is 24.6. The molecule has 0 radical (unpaired) electrons. The van der Waals surface area contributed by atoms with E-state index in [1.807, 2.05) is 0 Å². The average molecular weight is 333 g/mol. The summed E-state index contributed by atoms with van der Waals surface area (Å²) in [7, 11) is 3.11. The molecule has 0 aliphatic rings. The Kier molecular flexibility index (Phi) is 5.47. The number of aromatic carboxylic acids is 1. The minimum Gasteiger partial charge on any atom is -0.493 e. The van der Waals surface area contributed by atoms with Gasteiger partial charge in [-0.25, -0.2) is 4.79 Å². The number of aryl methyl sites for hydroxylation is 1. The maximum atomic E-state index is 12.1. The molecule has 0 saturated heterocycles. The summed E-state index contributed by atoms with van der Waals surface area (Å²) in [5.74, 6) is 0.397. The summed E-state index contributed by atoms with van der Waals surface area (Å²) in [5.41, 5.74) is 0.0936. The first-order valence-corrected chi connectivity index (χ1v) is 7.24. The van der Waals surface area contributed by atoms with Crippen LogP contribution >= 0.6 is 0 Å². The van der Waals surface area contributed by atoms with Gasteiger partial charge in [-0.2, -0.15) is 0 Å². The Balaban J connectivity index is 1.95. The van der Waals surface area contributed by atoms with E-state index in [2.05, 4.69) is 0 Å². The van der Waals surface area contributed by atoms with E-state index in [1.165, 1.54) is 18.1 Å². The van der Waals surface area contributed by atoms with E-state index in [1.54, 1.807) is 38.2 Å². The molecule has 1 amide bonds. The second kappa shape index (κ2) is 7.54. The highest BCUT2D eigenvalue weighted by atomic mass is 16.5. The van der Waals surface area contributed by atoms with Gasteiger partial charge in [0.05, 0.1) is 13.7 Å². The molecule has 0 fully saturated rings. The molecule has 24 heavy (non-hydrogen) atoms. The number of hydrogen-bond acceptors (Lipinski definition) is 5. The maximum Gasteiger partial charge on any atom is 0.339 e. The summed E-state index contributed by atoms with van der Waals surface area (Å²) in [6.45, 7) is 1.56. The van der Waals surface area contributed by atoms with E-state index < -0.39 is 5.97 Å². The van der Waals surface area contributed by atoms with Gasteiger partial charge in [-0.3, -0.25) is 4.79 Å². The smallest absolute Gasteiger partial charge is 0.339 e. The average Bonchev–Trinajstić information content (AvgIpc) is 2.93. The second-order valence-electron chi connectivity index (χ2n) is 5.18. The number of methoxy groups -OCH3 is 1. The molecule has 2 rings (SSSR count). The summed E-state index contributed by atoms with van der Waals surface area (Å²) < 4.78 is 16.0. The van der Waals surface area contributed by atoms with Crippen LogP contribution in [0.15, 0.2) is 34.7 Å². The number of rotatable bonds is 7. The van der Waals surface area contributed by atoms with Crippen LogP contribution in [0.1, 0.15) is 21.9 Å². The molecule has 1 heterocycles. The first-order chi connectivity index (χ1) is 11.4. The molecular formula is C17H19NO6. The molecule has 1 aromatic heterocycles. The molecule has 0 bridgehead atoms. The van der Waals surface area contributed by atoms with E-state index in [0.717, 1.165) is 0 Å². The summed E-state index contributed by atoms with van der Waals surface area (Å²) in [6, 6.07) is 8.45. The molecular weight excluding hydrogens is 314 g/mol. The number of carbonyl (C=O) groups is 2. The first kappa shape index (κ1) is 17.4. The van der Waals surface area contributed by atoms with E-state index in [4.69, 9.17) is 19.0 Å². The standard InChI is InChI=1S/C17H19NO6/c1-11-13(17(20)21)8-12(24-11)9-18(2)16(19)10-23-15-7-5-4-6-14(15)22-3/h4-8H,9-10H2,1-3H3,(H,20,21). The molecule has 0 saturated carbocycles. The maximum absolute atomic E-state index is 12.1. The number of nitrogens with zero attached hydrogens (tertiary/aromatic N) is 1. The third-order valence-corrected chi connectivity index (χ3v) is 3.44. The van der Waals surface area contributed by atoms with Crippen LogP contribution in [0.2, 0.25) is 0 Å². The third-order valence-electron chi connectivity index (χ3n) is 3.44. The Morgan fingerprint density at radius 2 is 1.92 bits per heavy atom. The van der Waals surface area contributed by atoms with Crippen LogP contribution in [0, 0.1) is 6.92 Å². The number of para-hydroxylation sites is 2. The molecule has 0 spiro atoms. The Hall–Kier alpha value is -2.96. The molecule has 0 unspecified atom stereocenters. The molecule has 7 nitrogen and oxygen atoms in total. The SMILES string of the molecule is COc1ccccc1OCC(=O)N(C)Cc1cc(C(=O)O)c(C)o1. The fourth-order valence-electron chi connectivity index (χ4n) is 2.14. The molecule has 1 N–H and O–H groups in total. The first-order valence-electron chi connectivity index (χ1n) is 7.24. The van der Waals surface area contributed by atoms with Crippen LogP contribution in [0.5, 0.6) is 11.5 Å². The predicted octanol–water partition coefficient (Wildman–Crippen LogP) is 2.33. The van der Waals surface area contributed by atoms with Gasteiger partial charge in [0.15, 0.2) is 18.1 Å². The number of carboxylic acid groups (broad SMARTS) is 1. The fourth-order valence-corrected chi connectivity index (χ4v) is 2.14. The van der Waals surface area contributed by atoms with Crippen molar-refractivity contribution in [2.45, 2.75) is 13.5 Å². The lowest BCUT2D eigenvalue weighted by Crippen LogP contribution is -2.30. The number of amides is 1. The van der Waals surface area contributed by atoms with Crippen molar-refractivity contribution < 1.29 is 28.6 Å². The van der Waals surface area contributed by atoms with Crippen molar-refractivity contribution in [3.05, 3.63) is 47.4 Å². The Bertz CT molecular complexity index is 736. The van der Waals surface area contributed by atoms with Gasteiger partial charge in [0.1, 0.15) is 17.1 Å². The van der Waals surface area contributed by atoms with Gasteiger partial charge in [-0.05, 0) is 25.1 Å². The number of carboxylic acids is 1. The number of benzene rings is 1. The molecule has 0 aliphatic carbocycles. The van der Waals surface area contributed by atoms with Crippen molar-refractivity contribution in [2.75, 3.05) is 20.8 Å². The zero-order valence-corrected chi connectivity index (χ0v) is 13.7. The van der Waals surface area contributed by atoms with Gasteiger partial charge in [0.2, 0.25) is 0 Å². The quantitative estimate of drug-likeness (QED) is 0.836.